The molecule has 0 atom stereocenters. The van der Waals surface area contributed by atoms with Crippen LogP contribution in [0, 0.1) is 6.92 Å². The Morgan fingerprint density at radius 1 is 1.11 bits per heavy atom. The number of hydrogen-bond acceptors (Lipinski definition) is 6. The van der Waals surface area contributed by atoms with E-state index in [-0.39, 0.29) is 5.91 Å². The second kappa shape index (κ2) is 9.71. The molecule has 0 spiro atoms. The summed E-state index contributed by atoms with van der Waals surface area (Å²) in [5, 5.41) is 5.83. The van der Waals surface area contributed by atoms with Crippen LogP contribution in [0.15, 0.2) is 35.7 Å². The summed E-state index contributed by atoms with van der Waals surface area (Å²) in [5.41, 5.74) is 1.40. The fourth-order valence-corrected chi connectivity index (χ4v) is 4.30. The lowest BCUT2D eigenvalue weighted by Gasteiger charge is -2.14. The lowest BCUT2D eigenvalue weighted by atomic mass is 10.2. The molecule has 0 unspecified atom stereocenters. The predicted molar refractivity (Wildman–Crippen MR) is 116 cm³/mol. The first-order chi connectivity index (χ1) is 13.6. The standard InChI is InChI=1S/C21H24N2O3S2/c1-4-10-25-16-9-8-15(13-17(16)26-11-5-2)23-20(24)19-14(3)22-21(28-19)18-7-6-12-27-18/h6-9,12-13H,4-5,10-11H2,1-3H3,(H,23,24). The Balaban J connectivity index is 1.78. The van der Waals surface area contributed by atoms with Crippen LogP contribution >= 0.6 is 22.7 Å². The minimum atomic E-state index is -0.165. The van der Waals surface area contributed by atoms with Gasteiger partial charge in [-0.05, 0) is 43.3 Å². The predicted octanol–water partition coefficient (Wildman–Crippen LogP) is 6.01. The molecule has 0 fully saturated rings. The quantitative estimate of drug-likeness (QED) is 0.464. The van der Waals surface area contributed by atoms with Gasteiger partial charge in [-0.15, -0.1) is 22.7 Å². The number of aromatic nitrogens is 1. The average Bonchev–Trinajstić information content (AvgIpc) is 3.35. The molecule has 0 aliphatic carbocycles. The summed E-state index contributed by atoms with van der Waals surface area (Å²) < 4.78 is 11.6. The maximum absolute atomic E-state index is 12.8. The molecule has 1 amide bonds. The van der Waals surface area contributed by atoms with Gasteiger partial charge >= 0.3 is 0 Å². The Morgan fingerprint density at radius 2 is 1.86 bits per heavy atom. The number of aryl methyl sites for hydroxylation is 1. The third kappa shape index (κ3) is 4.91. The number of ether oxygens (including phenoxy) is 2. The zero-order valence-electron chi connectivity index (χ0n) is 16.3. The molecule has 2 heterocycles. The number of carbonyl (C=O) groups excluding carboxylic acids is 1. The fourth-order valence-electron chi connectivity index (χ4n) is 2.54. The Hall–Kier alpha value is -2.38. The number of benzene rings is 1. The summed E-state index contributed by atoms with van der Waals surface area (Å²) in [6.45, 7) is 7.19. The van der Waals surface area contributed by atoms with E-state index < -0.39 is 0 Å². The van der Waals surface area contributed by atoms with Crippen LogP contribution in [0.1, 0.15) is 42.1 Å². The van der Waals surface area contributed by atoms with Crippen molar-refractivity contribution in [3.63, 3.8) is 0 Å². The molecule has 0 radical (unpaired) electrons. The first-order valence-electron chi connectivity index (χ1n) is 9.34. The Labute approximate surface area is 173 Å². The highest BCUT2D eigenvalue weighted by molar-refractivity contribution is 7.22. The van der Waals surface area contributed by atoms with Crippen LogP contribution in [0.3, 0.4) is 0 Å². The highest BCUT2D eigenvalue weighted by atomic mass is 32.1. The molecule has 148 valence electrons. The summed E-state index contributed by atoms with van der Waals surface area (Å²) in [6, 6.07) is 9.48. The minimum Gasteiger partial charge on any atom is -0.490 e. The Kier molecular flexibility index (Phi) is 7.06. The van der Waals surface area contributed by atoms with E-state index in [0.717, 1.165) is 28.4 Å². The van der Waals surface area contributed by atoms with Gasteiger partial charge in [0.05, 0.1) is 23.8 Å². The van der Waals surface area contributed by atoms with Gasteiger partial charge in [-0.2, -0.15) is 0 Å². The smallest absolute Gasteiger partial charge is 0.267 e. The van der Waals surface area contributed by atoms with Gasteiger partial charge in [0.2, 0.25) is 0 Å². The first-order valence-corrected chi connectivity index (χ1v) is 11.0. The van der Waals surface area contributed by atoms with E-state index in [9.17, 15) is 4.79 Å². The Morgan fingerprint density at radius 3 is 2.54 bits per heavy atom. The van der Waals surface area contributed by atoms with Gasteiger partial charge in [0, 0.05) is 11.8 Å². The summed E-state index contributed by atoms with van der Waals surface area (Å²) in [7, 11) is 0. The van der Waals surface area contributed by atoms with Crippen molar-refractivity contribution in [1.29, 1.82) is 0 Å². The van der Waals surface area contributed by atoms with Gasteiger partial charge in [-0.1, -0.05) is 19.9 Å². The van der Waals surface area contributed by atoms with E-state index in [1.165, 1.54) is 11.3 Å². The maximum atomic E-state index is 12.8. The zero-order valence-corrected chi connectivity index (χ0v) is 17.9. The number of thiophene rings is 1. The minimum absolute atomic E-state index is 0.165. The molecule has 5 nitrogen and oxygen atoms in total. The highest BCUT2D eigenvalue weighted by Gasteiger charge is 2.17. The number of nitrogens with zero attached hydrogens (tertiary/aromatic N) is 1. The topological polar surface area (TPSA) is 60.5 Å². The normalized spacial score (nSPS) is 10.7. The van der Waals surface area contributed by atoms with Crippen LogP contribution in [0.2, 0.25) is 0 Å². The van der Waals surface area contributed by atoms with Crippen molar-refractivity contribution in [3.05, 3.63) is 46.3 Å². The number of rotatable bonds is 9. The molecular weight excluding hydrogens is 392 g/mol. The fraction of sp³-hybridized carbons (Fsp3) is 0.333. The molecule has 0 saturated carbocycles. The van der Waals surface area contributed by atoms with Gasteiger partial charge < -0.3 is 14.8 Å². The number of thiazole rings is 1. The number of amides is 1. The number of nitrogens with one attached hydrogen (secondary N) is 1. The van der Waals surface area contributed by atoms with Gasteiger partial charge in [0.15, 0.2) is 11.5 Å². The van der Waals surface area contributed by atoms with E-state index >= 15 is 0 Å². The van der Waals surface area contributed by atoms with E-state index in [4.69, 9.17) is 9.47 Å². The monoisotopic (exact) mass is 416 g/mol. The first kappa shape index (κ1) is 20.4. The van der Waals surface area contributed by atoms with Crippen molar-refractivity contribution >= 4 is 34.3 Å². The molecule has 3 rings (SSSR count). The third-order valence-corrected chi connectivity index (χ3v) is 6.06. The lowest BCUT2D eigenvalue weighted by molar-refractivity contribution is 0.103. The van der Waals surface area contributed by atoms with Crippen LogP contribution in [-0.4, -0.2) is 24.1 Å². The van der Waals surface area contributed by atoms with Crippen LogP contribution in [0.4, 0.5) is 5.69 Å². The van der Waals surface area contributed by atoms with Crippen LogP contribution < -0.4 is 14.8 Å². The average molecular weight is 417 g/mol. The molecular formula is C21H24N2O3S2. The second-order valence-corrected chi connectivity index (χ2v) is 8.17. The third-order valence-electron chi connectivity index (χ3n) is 3.86. The van der Waals surface area contributed by atoms with E-state index in [1.807, 2.05) is 42.6 Å². The second-order valence-electron chi connectivity index (χ2n) is 6.22. The summed E-state index contributed by atoms with van der Waals surface area (Å²) >= 11 is 3.03. The van der Waals surface area contributed by atoms with E-state index in [2.05, 4.69) is 24.1 Å². The molecule has 2 aromatic heterocycles. The van der Waals surface area contributed by atoms with Gasteiger partial charge in [-0.3, -0.25) is 4.79 Å². The highest BCUT2D eigenvalue weighted by Crippen LogP contribution is 2.33. The molecule has 0 bridgehead atoms. The largest absolute Gasteiger partial charge is 0.490 e. The van der Waals surface area contributed by atoms with Crippen molar-refractivity contribution in [3.8, 4) is 21.4 Å². The maximum Gasteiger partial charge on any atom is 0.267 e. The number of hydrogen-bond donors (Lipinski definition) is 1. The molecule has 0 aliphatic rings. The summed E-state index contributed by atoms with van der Waals surface area (Å²) in [6.07, 6.45) is 1.82. The van der Waals surface area contributed by atoms with Crippen LogP contribution in [0.25, 0.3) is 9.88 Å². The molecule has 0 aliphatic heterocycles. The summed E-state index contributed by atoms with van der Waals surface area (Å²) in [5.74, 6) is 1.18. The SMILES string of the molecule is CCCOc1ccc(NC(=O)c2sc(-c3cccs3)nc2C)cc1OCCC. The van der Waals surface area contributed by atoms with Crippen molar-refractivity contribution in [2.45, 2.75) is 33.6 Å². The number of carbonyl (C=O) groups is 1. The molecule has 1 aromatic carbocycles. The molecule has 0 saturated heterocycles. The molecule has 7 heteroatoms. The molecule has 3 aromatic rings. The van der Waals surface area contributed by atoms with Crippen molar-refractivity contribution in [2.24, 2.45) is 0 Å². The lowest BCUT2D eigenvalue weighted by Crippen LogP contribution is -2.12. The van der Waals surface area contributed by atoms with Gasteiger partial charge in [0.1, 0.15) is 9.88 Å². The van der Waals surface area contributed by atoms with Gasteiger partial charge in [0.25, 0.3) is 5.91 Å². The number of anilines is 1. The van der Waals surface area contributed by atoms with Gasteiger partial charge in [-0.25, -0.2) is 4.98 Å². The molecule has 1 N–H and O–H groups in total. The summed E-state index contributed by atoms with van der Waals surface area (Å²) in [4.78, 5) is 19.0. The zero-order chi connectivity index (χ0) is 19.9. The van der Waals surface area contributed by atoms with Crippen molar-refractivity contribution in [2.75, 3.05) is 18.5 Å². The van der Waals surface area contributed by atoms with Crippen molar-refractivity contribution < 1.29 is 14.3 Å². The van der Waals surface area contributed by atoms with E-state index in [1.54, 1.807) is 11.3 Å². The van der Waals surface area contributed by atoms with E-state index in [0.29, 0.717) is 35.3 Å². The Bertz CT molecular complexity index is 920. The molecule has 28 heavy (non-hydrogen) atoms. The van der Waals surface area contributed by atoms with Crippen molar-refractivity contribution in [1.82, 2.24) is 4.98 Å². The van der Waals surface area contributed by atoms with Crippen LogP contribution in [-0.2, 0) is 0 Å². The van der Waals surface area contributed by atoms with Crippen LogP contribution in [0.5, 0.6) is 11.5 Å².